The molecule has 0 fully saturated rings. The number of carbonyl (C=O) groups excluding carboxylic acids is 3. The summed E-state index contributed by atoms with van der Waals surface area (Å²) in [6.07, 6.45) is -1.29. The van der Waals surface area contributed by atoms with Crippen molar-refractivity contribution in [2.24, 2.45) is 11.7 Å². The van der Waals surface area contributed by atoms with E-state index in [1.54, 1.807) is 13.8 Å². The molecule has 0 aliphatic heterocycles. The van der Waals surface area contributed by atoms with Gasteiger partial charge < -0.3 is 15.2 Å². The number of imide groups is 1. The van der Waals surface area contributed by atoms with E-state index in [0.29, 0.717) is 0 Å². The number of ether oxygens (including phenoxy) is 2. The van der Waals surface area contributed by atoms with E-state index in [0.717, 1.165) is 6.07 Å². The van der Waals surface area contributed by atoms with Crippen LogP contribution < -0.4 is 15.8 Å². The molecule has 1 aromatic carbocycles. The third-order valence-corrected chi connectivity index (χ3v) is 2.96. The van der Waals surface area contributed by atoms with E-state index >= 15 is 0 Å². The Kier molecular flexibility index (Phi) is 6.22. The van der Waals surface area contributed by atoms with E-state index < -0.39 is 40.5 Å². The first-order valence-corrected chi connectivity index (χ1v) is 6.81. The number of carbonyl (C=O) groups is 3. The van der Waals surface area contributed by atoms with Crippen molar-refractivity contribution in [2.75, 3.05) is 7.11 Å². The number of primary amides is 1. The highest BCUT2D eigenvalue weighted by Gasteiger charge is 2.29. The fourth-order valence-electron chi connectivity index (χ4n) is 1.83. The lowest BCUT2D eigenvalue weighted by Crippen LogP contribution is -2.45. The number of nitrogens with two attached hydrogens (primary N) is 1. The Morgan fingerprint density at radius 2 is 1.92 bits per heavy atom. The number of urea groups is 1. The summed E-state index contributed by atoms with van der Waals surface area (Å²) in [6, 6.07) is 2.40. The van der Waals surface area contributed by atoms with Crippen LogP contribution in [0.15, 0.2) is 18.2 Å². The predicted molar refractivity (Wildman–Crippen MR) is 81.4 cm³/mol. The topological polar surface area (TPSA) is 151 Å². The Labute approximate surface area is 137 Å². The normalized spacial score (nSPS) is 11.5. The number of nitro benzene ring substituents is 1. The van der Waals surface area contributed by atoms with Gasteiger partial charge in [0, 0.05) is 6.07 Å². The van der Waals surface area contributed by atoms with E-state index in [1.165, 1.54) is 19.2 Å². The standard InChI is InChI=1S/C14H17N3O7/c1-7(2)11(12(18)16-14(15)20)24-13(19)8-4-5-10(23-3)9(6-8)17(21)22/h4-7,11H,1-3H3,(H3,15,16,18,20)/t11-/m1/s1. The maximum atomic E-state index is 12.1. The quantitative estimate of drug-likeness (QED) is 0.445. The monoisotopic (exact) mass is 339 g/mol. The molecular weight excluding hydrogens is 322 g/mol. The number of methoxy groups -OCH3 is 1. The molecular formula is C14H17N3O7. The lowest BCUT2D eigenvalue weighted by Gasteiger charge is -2.19. The van der Waals surface area contributed by atoms with Crippen LogP contribution in [0, 0.1) is 16.0 Å². The van der Waals surface area contributed by atoms with Crippen molar-refractivity contribution in [3.05, 3.63) is 33.9 Å². The van der Waals surface area contributed by atoms with E-state index in [4.69, 9.17) is 15.2 Å². The maximum Gasteiger partial charge on any atom is 0.339 e. The first-order valence-electron chi connectivity index (χ1n) is 6.81. The minimum Gasteiger partial charge on any atom is -0.490 e. The molecule has 0 saturated carbocycles. The summed E-state index contributed by atoms with van der Waals surface area (Å²) in [7, 11) is 1.25. The zero-order chi connectivity index (χ0) is 18.4. The van der Waals surface area contributed by atoms with Crippen LogP contribution in [0.2, 0.25) is 0 Å². The number of hydrogen-bond donors (Lipinski definition) is 2. The second-order valence-corrected chi connectivity index (χ2v) is 5.07. The van der Waals surface area contributed by atoms with Crippen LogP contribution in [0.5, 0.6) is 5.75 Å². The summed E-state index contributed by atoms with van der Waals surface area (Å²) in [5.74, 6) is -2.32. The van der Waals surface area contributed by atoms with Crippen LogP contribution in [0.1, 0.15) is 24.2 Å². The predicted octanol–water partition coefficient (Wildman–Crippen LogP) is 0.980. The van der Waals surface area contributed by atoms with Crippen molar-refractivity contribution in [2.45, 2.75) is 20.0 Å². The number of hydrogen-bond acceptors (Lipinski definition) is 7. The van der Waals surface area contributed by atoms with Gasteiger partial charge in [-0.25, -0.2) is 9.59 Å². The molecule has 1 aromatic rings. The highest BCUT2D eigenvalue weighted by atomic mass is 16.6. The SMILES string of the molecule is COc1ccc(C(=O)O[C@@H](C(=O)NC(N)=O)C(C)C)cc1[N+](=O)[O-]. The molecule has 0 aromatic heterocycles. The van der Waals surface area contributed by atoms with Gasteiger partial charge in [0.05, 0.1) is 17.6 Å². The summed E-state index contributed by atoms with van der Waals surface area (Å²) in [4.78, 5) is 45.0. The van der Waals surface area contributed by atoms with Crippen molar-refractivity contribution in [3.8, 4) is 5.75 Å². The van der Waals surface area contributed by atoms with Crippen LogP contribution in [0.25, 0.3) is 0 Å². The van der Waals surface area contributed by atoms with Crippen molar-refractivity contribution in [1.29, 1.82) is 0 Å². The number of rotatable bonds is 6. The molecule has 3 amide bonds. The smallest absolute Gasteiger partial charge is 0.339 e. The van der Waals surface area contributed by atoms with Crippen LogP contribution in [-0.2, 0) is 9.53 Å². The Morgan fingerprint density at radius 3 is 2.38 bits per heavy atom. The molecule has 1 rings (SSSR count). The fourth-order valence-corrected chi connectivity index (χ4v) is 1.83. The Balaban J connectivity index is 3.04. The van der Waals surface area contributed by atoms with Crippen LogP contribution in [0.3, 0.4) is 0 Å². The number of amides is 3. The molecule has 0 aliphatic rings. The number of esters is 1. The molecule has 10 nitrogen and oxygen atoms in total. The van der Waals surface area contributed by atoms with Gasteiger partial charge in [-0.15, -0.1) is 0 Å². The second kappa shape index (κ2) is 7.90. The number of nitrogens with zero attached hydrogens (tertiary/aromatic N) is 1. The first kappa shape index (κ1) is 18.9. The van der Waals surface area contributed by atoms with Gasteiger partial charge in [0.15, 0.2) is 11.9 Å². The largest absolute Gasteiger partial charge is 0.490 e. The van der Waals surface area contributed by atoms with Crippen molar-refractivity contribution in [1.82, 2.24) is 5.32 Å². The lowest BCUT2D eigenvalue weighted by atomic mass is 10.1. The van der Waals surface area contributed by atoms with Gasteiger partial charge in [-0.05, 0) is 18.1 Å². The fraction of sp³-hybridized carbons (Fsp3) is 0.357. The van der Waals surface area contributed by atoms with Crippen LogP contribution >= 0.6 is 0 Å². The zero-order valence-electron chi connectivity index (χ0n) is 13.3. The average Bonchev–Trinajstić information content (AvgIpc) is 2.50. The van der Waals surface area contributed by atoms with E-state index in [2.05, 4.69) is 0 Å². The Morgan fingerprint density at radius 1 is 1.29 bits per heavy atom. The number of nitro groups is 1. The van der Waals surface area contributed by atoms with Crippen molar-refractivity contribution >= 4 is 23.6 Å². The molecule has 3 N–H and O–H groups in total. The molecule has 1 atom stereocenters. The minimum absolute atomic E-state index is 0.0246. The third-order valence-electron chi connectivity index (χ3n) is 2.96. The molecule has 0 radical (unpaired) electrons. The molecule has 0 aliphatic carbocycles. The molecule has 0 bridgehead atoms. The molecule has 0 heterocycles. The van der Waals surface area contributed by atoms with Crippen LogP contribution in [-0.4, -0.2) is 36.0 Å². The Bertz CT molecular complexity index is 672. The molecule has 0 saturated heterocycles. The van der Waals surface area contributed by atoms with Gasteiger partial charge in [0.2, 0.25) is 0 Å². The van der Waals surface area contributed by atoms with E-state index in [1.807, 2.05) is 5.32 Å². The average molecular weight is 339 g/mol. The highest BCUT2D eigenvalue weighted by Crippen LogP contribution is 2.28. The first-order chi connectivity index (χ1) is 11.2. The van der Waals surface area contributed by atoms with Gasteiger partial charge in [-0.1, -0.05) is 13.8 Å². The summed E-state index contributed by atoms with van der Waals surface area (Å²) < 4.78 is 9.88. The van der Waals surface area contributed by atoms with Gasteiger partial charge in [0.25, 0.3) is 5.91 Å². The van der Waals surface area contributed by atoms with Gasteiger partial charge in [-0.3, -0.25) is 20.2 Å². The van der Waals surface area contributed by atoms with Crippen molar-refractivity contribution in [3.63, 3.8) is 0 Å². The van der Waals surface area contributed by atoms with Crippen molar-refractivity contribution < 1.29 is 28.8 Å². The second-order valence-electron chi connectivity index (χ2n) is 5.07. The summed E-state index contributed by atoms with van der Waals surface area (Å²) >= 11 is 0. The summed E-state index contributed by atoms with van der Waals surface area (Å²) in [6.45, 7) is 3.18. The van der Waals surface area contributed by atoms with Crippen LogP contribution in [0.4, 0.5) is 10.5 Å². The van der Waals surface area contributed by atoms with Gasteiger partial charge in [-0.2, -0.15) is 0 Å². The molecule has 0 spiro atoms. The summed E-state index contributed by atoms with van der Waals surface area (Å²) in [5.41, 5.74) is 4.30. The lowest BCUT2D eigenvalue weighted by molar-refractivity contribution is -0.385. The van der Waals surface area contributed by atoms with Gasteiger partial charge in [0.1, 0.15) is 0 Å². The van der Waals surface area contributed by atoms with Gasteiger partial charge >= 0.3 is 17.7 Å². The highest BCUT2D eigenvalue weighted by molar-refractivity contribution is 5.98. The van der Waals surface area contributed by atoms with E-state index in [9.17, 15) is 24.5 Å². The van der Waals surface area contributed by atoms with E-state index in [-0.39, 0.29) is 11.3 Å². The minimum atomic E-state index is -1.29. The maximum absolute atomic E-state index is 12.1. The number of benzene rings is 1. The summed E-state index contributed by atoms with van der Waals surface area (Å²) in [5, 5.41) is 12.8. The molecule has 10 heteroatoms. The molecule has 0 unspecified atom stereocenters. The number of nitrogens with one attached hydrogen (secondary N) is 1. The Hall–Kier alpha value is -3.17. The molecule has 130 valence electrons. The third kappa shape index (κ3) is 4.66. The zero-order valence-corrected chi connectivity index (χ0v) is 13.3. The molecule has 24 heavy (non-hydrogen) atoms.